The Morgan fingerprint density at radius 3 is 2.93 bits per heavy atom. The van der Waals surface area contributed by atoms with Gasteiger partial charge in [-0.25, -0.2) is 0 Å². The van der Waals surface area contributed by atoms with Crippen molar-refractivity contribution in [3.63, 3.8) is 0 Å². The molecular formula is C12H21NO. The molecule has 1 N–H and O–H groups in total. The maximum atomic E-state index is 5.88. The summed E-state index contributed by atoms with van der Waals surface area (Å²) in [5.74, 6) is 0. The third-order valence-corrected chi connectivity index (χ3v) is 3.45. The van der Waals surface area contributed by atoms with Crippen LogP contribution in [0.3, 0.4) is 0 Å². The van der Waals surface area contributed by atoms with Crippen LogP contribution in [0.15, 0.2) is 12.2 Å². The third kappa shape index (κ3) is 2.18. The monoisotopic (exact) mass is 195 g/mol. The van der Waals surface area contributed by atoms with Crippen LogP contribution in [-0.4, -0.2) is 24.8 Å². The highest BCUT2D eigenvalue weighted by Gasteiger charge is 2.42. The van der Waals surface area contributed by atoms with E-state index in [4.69, 9.17) is 4.74 Å². The van der Waals surface area contributed by atoms with Crippen LogP contribution in [0.25, 0.3) is 0 Å². The van der Waals surface area contributed by atoms with E-state index in [1.54, 1.807) is 0 Å². The number of rotatable bonds is 3. The van der Waals surface area contributed by atoms with Crippen LogP contribution in [0, 0.1) is 0 Å². The molecule has 2 heteroatoms. The van der Waals surface area contributed by atoms with Gasteiger partial charge in [0.1, 0.15) is 0 Å². The van der Waals surface area contributed by atoms with Crippen molar-refractivity contribution in [2.75, 3.05) is 13.2 Å². The second-order valence-corrected chi connectivity index (χ2v) is 4.91. The average molecular weight is 195 g/mol. The fourth-order valence-electron chi connectivity index (χ4n) is 2.44. The van der Waals surface area contributed by atoms with Crippen molar-refractivity contribution in [1.29, 1.82) is 0 Å². The number of hydrogen-bond acceptors (Lipinski definition) is 2. The Labute approximate surface area is 86.7 Å². The van der Waals surface area contributed by atoms with Crippen molar-refractivity contribution in [2.45, 2.75) is 50.7 Å². The number of nitrogens with one attached hydrogen (secondary N) is 1. The molecule has 0 radical (unpaired) electrons. The lowest BCUT2D eigenvalue weighted by molar-refractivity contribution is -0.135. The fraction of sp³-hybridized carbons (Fsp3) is 0.833. The molecule has 2 nitrogen and oxygen atoms in total. The van der Waals surface area contributed by atoms with Gasteiger partial charge in [0.2, 0.25) is 0 Å². The van der Waals surface area contributed by atoms with Crippen LogP contribution < -0.4 is 5.32 Å². The molecule has 0 aromatic heterocycles. The van der Waals surface area contributed by atoms with Crippen molar-refractivity contribution in [1.82, 2.24) is 5.32 Å². The molecule has 2 fully saturated rings. The molecule has 2 aliphatic rings. The average Bonchev–Trinajstić information content (AvgIpc) is 2.13. The zero-order valence-corrected chi connectivity index (χ0v) is 9.14. The first-order chi connectivity index (χ1) is 6.70. The maximum Gasteiger partial charge on any atom is 0.0697 e. The zero-order valence-electron chi connectivity index (χ0n) is 9.14. The molecule has 1 spiro atoms. The van der Waals surface area contributed by atoms with Gasteiger partial charge >= 0.3 is 0 Å². The van der Waals surface area contributed by atoms with E-state index in [2.05, 4.69) is 18.8 Å². The molecular weight excluding hydrogens is 174 g/mol. The van der Waals surface area contributed by atoms with Crippen molar-refractivity contribution >= 4 is 0 Å². The highest BCUT2D eigenvalue weighted by molar-refractivity contribution is 4.98. The summed E-state index contributed by atoms with van der Waals surface area (Å²) in [5.41, 5.74) is 1.49. The minimum Gasteiger partial charge on any atom is -0.375 e. The number of ether oxygens (including phenoxy) is 1. The minimum atomic E-state index is 0.269. The summed E-state index contributed by atoms with van der Waals surface area (Å²) in [6.07, 6.45) is 6.28. The lowest BCUT2D eigenvalue weighted by Gasteiger charge is -2.47. The molecule has 0 aromatic carbocycles. The Kier molecular flexibility index (Phi) is 2.93. The van der Waals surface area contributed by atoms with E-state index in [1.165, 1.54) is 31.3 Å². The van der Waals surface area contributed by atoms with Crippen molar-refractivity contribution in [3.8, 4) is 0 Å². The lowest BCUT2D eigenvalue weighted by Crippen LogP contribution is -2.51. The summed E-state index contributed by atoms with van der Waals surface area (Å²) in [6, 6.07) is 0.653. The number of hydrogen-bond donors (Lipinski definition) is 1. The van der Waals surface area contributed by atoms with Crippen LogP contribution >= 0.6 is 0 Å². The summed E-state index contributed by atoms with van der Waals surface area (Å²) >= 11 is 0. The Hall–Kier alpha value is -0.340. The fourth-order valence-corrected chi connectivity index (χ4v) is 2.44. The second-order valence-electron chi connectivity index (χ2n) is 4.91. The smallest absolute Gasteiger partial charge is 0.0697 e. The normalized spacial score (nSPS) is 29.9. The Bertz CT molecular complexity index is 220. The van der Waals surface area contributed by atoms with Crippen LogP contribution in [-0.2, 0) is 4.74 Å². The molecule has 0 bridgehead atoms. The standard InChI is InChI=1S/C12H21NO/c1-10(2)9-13-11-4-7-14-12(8-11)5-3-6-12/h11,13H,1,3-9H2,2H3. The molecule has 1 saturated heterocycles. The summed E-state index contributed by atoms with van der Waals surface area (Å²) in [5, 5.41) is 3.56. The Balaban J connectivity index is 1.79. The zero-order chi connectivity index (χ0) is 10.0. The SMILES string of the molecule is C=C(C)CNC1CCOC2(CCC2)C1. The molecule has 80 valence electrons. The van der Waals surface area contributed by atoms with Gasteiger partial charge in [-0.05, 0) is 39.0 Å². The van der Waals surface area contributed by atoms with Crippen LogP contribution in [0.1, 0.15) is 39.0 Å². The highest BCUT2D eigenvalue weighted by atomic mass is 16.5. The molecule has 1 heterocycles. The lowest BCUT2D eigenvalue weighted by atomic mass is 9.74. The first-order valence-corrected chi connectivity index (χ1v) is 5.72. The van der Waals surface area contributed by atoms with E-state index in [-0.39, 0.29) is 5.60 Å². The van der Waals surface area contributed by atoms with Crippen LogP contribution in [0.5, 0.6) is 0 Å². The summed E-state index contributed by atoms with van der Waals surface area (Å²) in [7, 11) is 0. The van der Waals surface area contributed by atoms with E-state index >= 15 is 0 Å². The van der Waals surface area contributed by atoms with Gasteiger partial charge < -0.3 is 10.1 Å². The molecule has 1 unspecified atom stereocenters. The molecule has 1 aliphatic heterocycles. The van der Waals surface area contributed by atoms with Gasteiger partial charge in [0.15, 0.2) is 0 Å². The predicted octanol–water partition coefficient (Wildman–Crippen LogP) is 2.25. The first kappa shape index (κ1) is 10.2. The van der Waals surface area contributed by atoms with Gasteiger partial charge in [-0.2, -0.15) is 0 Å². The van der Waals surface area contributed by atoms with E-state index in [9.17, 15) is 0 Å². The third-order valence-electron chi connectivity index (χ3n) is 3.45. The molecule has 1 aliphatic carbocycles. The van der Waals surface area contributed by atoms with Gasteiger partial charge in [-0.15, -0.1) is 0 Å². The highest BCUT2D eigenvalue weighted by Crippen LogP contribution is 2.42. The minimum absolute atomic E-state index is 0.269. The van der Waals surface area contributed by atoms with Gasteiger partial charge in [-0.1, -0.05) is 12.2 Å². The Morgan fingerprint density at radius 2 is 2.36 bits per heavy atom. The summed E-state index contributed by atoms with van der Waals surface area (Å²) in [6.45, 7) is 7.89. The van der Waals surface area contributed by atoms with Gasteiger partial charge in [0.05, 0.1) is 5.60 Å². The maximum absolute atomic E-state index is 5.88. The Morgan fingerprint density at radius 1 is 1.57 bits per heavy atom. The van der Waals surface area contributed by atoms with E-state index in [1.807, 2.05) is 0 Å². The molecule has 14 heavy (non-hydrogen) atoms. The van der Waals surface area contributed by atoms with Crippen LogP contribution in [0.2, 0.25) is 0 Å². The van der Waals surface area contributed by atoms with Crippen LogP contribution in [0.4, 0.5) is 0 Å². The molecule has 1 atom stereocenters. The van der Waals surface area contributed by atoms with Crippen molar-refractivity contribution < 1.29 is 4.74 Å². The predicted molar refractivity (Wildman–Crippen MR) is 58.4 cm³/mol. The first-order valence-electron chi connectivity index (χ1n) is 5.72. The summed E-state index contributed by atoms with van der Waals surface area (Å²) in [4.78, 5) is 0. The quantitative estimate of drug-likeness (QED) is 0.697. The molecule has 0 amide bonds. The molecule has 2 rings (SSSR count). The van der Waals surface area contributed by atoms with Gasteiger partial charge in [0.25, 0.3) is 0 Å². The van der Waals surface area contributed by atoms with Crippen molar-refractivity contribution in [2.24, 2.45) is 0 Å². The van der Waals surface area contributed by atoms with E-state index in [0.29, 0.717) is 6.04 Å². The molecule has 1 saturated carbocycles. The topological polar surface area (TPSA) is 21.3 Å². The second kappa shape index (κ2) is 4.03. The van der Waals surface area contributed by atoms with Crippen molar-refractivity contribution in [3.05, 3.63) is 12.2 Å². The largest absolute Gasteiger partial charge is 0.375 e. The summed E-state index contributed by atoms with van der Waals surface area (Å²) < 4.78 is 5.88. The van der Waals surface area contributed by atoms with Gasteiger partial charge in [0, 0.05) is 19.2 Å². The molecule has 0 aromatic rings. The van der Waals surface area contributed by atoms with E-state index in [0.717, 1.165) is 19.6 Å². The van der Waals surface area contributed by atoms with Gasteiger partial charge in [-0.3, -0.25) is 0 Å². The van der Waals surface area contributed by atoms with E-state index < -0.39 is 0 Å².